The van der Waals surface area contributed by atoms with E-state index in [0.29, 0.717) is 13.0 Å². The molecule has 3 nitrogen and oxygen atoms in total. The van der Waals surface area contributed by atoms with Crippen molar-refractivity contribution >= 4 is 17.2 Å². The fourth-order valence-electron chi connectivity index (χ4n) is 1.55. The van der Waals surface area contributed by atoms with Crippen molar-refractivity contribution in [2.45, 2.75) is 33.3 Å². The molecule has 0 bridgehead atoms. The molecule has 1 aromatic rings. The van der Waals surface area contributed by atoms with Crippen molar-refractivity contribution in [2.24, 2.45) is 5.41 Å². The van der Waals surface area contributed by atoms with Crippen LogP contribution in [0.25, 0.3) is 0 Å². The minimum Gasteiger partial charge on any atom is -0.375 e. The Balaban J connectivity index is 2.41. The molecule has 1 amide bonds. The van der Waals surface area contributed by atoms with Gasteiger partial charge in [-0.1, -0.05) is 20.8 Å². The molecule has 1 heterocycles. The average molecular weight is 255 g/mol. The zero-order valence-electron chi connectivity index (χ0n) is 10.9. The van der Waals surface area contributed by atoms with E-state index in [1.807, 2.05) is 16.8 Å². The van der Waals surface area contributed by atoms with Gasteiger partial charge in [0.05, 0.1) is 0 Å². The van der Waals surface area contributed by atoms with Gasteiger partial charge < -0.3 is 10.1 Å². The summed E-state index contributed by atoms with van der Waals surface area (Å²) in [7, 11) is 1.66. The van der Waals surface area contributed by atoms with Crippen molar-refractivity contribution < 1.29 is 9.53 Å². The first-order valence-electron chi connectivity index (χ1n) is 5.74. The van der Waals surface area contributed by atoms with E-state index in [0.717, 1.165) is 5.56 Å². The summed E-state index contributed by atoms with van der Waals surface area (Å²) in [5.74, 6) is 0.0785. The molecular formula is C13H21NO2S. The number of nitrogens with one attached hydrogen (secondary N) is 1. The first kappa shape index (κ1) is 14.2. The lowest BCUT2D eigenvalue weighted by Crippen LogP contribution is -2.31. The molecule has 0 aliphatic rings. The molecule has 0 unspecified atom stereocenters. The first-order chi connectivity index (χ1) is 7.92. The van der Waals surface area contributed by atoms with Crippen molar-refractivity contribution in [3.05, 3.63) is 22.4 Å². The maximum Gasteiger partial charge on any atom is 0.220 e. The molecule has 0 fully saturated rings. The molecule has 96 valence electrons. The number of amides is 1. The summed E-state index contributed by atoms with van der Waals surface area (Å²) in [6, 6.07) is 2.02. The summed E-state index contributed by atoms with van der Waals surface area (Å²) in [5.41, 5.74) is 1.14. The molecule has 1 N–H and O–H groups in total. The molecule has 0 saturated carbocycles. The summed E-state index contributed by atoms with van der Waals surface area (Å²) in [5, 5.41) is 6.98. The number of hydrogen-bond donors (Lipinski definition) is 1. The van der Waals surface area contributed by atoms with Crippen LogP contribution in [0.5, 0.6) is 0 Å². The van der Waals surface area contributed by atoms with Gasteiger partial charge >= 0.3 is 0 Å². The van der Waals surface area contributed by atoms with Gasteiger partial charge in [-0.25, -0.2) is 0 Å². The largest absolute Gasteiger partial charge is 0.375 e. The predicted octanol–water partition coefficient (Wildman–Crippen LogP) is 2.99. The molecule has 1 rings (SSSR count). The Morgan fingerprint density at radius 3 is 2.71 bits per heavy atom. The van der Waals surface area contributed by atoms with Crippen LogP contribution in [0.2, 0.25) is 0 Å². The Kier molecular flexibility index (Phi) is 5.15. The van der Waals surface area contributed by atoms with E-state index in [4.69, 9.17) is 4.74 Å². The highest BCUT2D eigenvalue weighted by Gasteiger charge is 2.17. The van der Waals surface area contributed by atoms with Crippen molar-refractivity contribution in [1.82, 2.24) is 5.32 Å². The van der Waals surface area contributed by atoms with Crippen LogP contribution in [0, 0.1) is 5.41 Å². The third kappa shape index (κ3) is 5.33. The summed E-state index contributed by atoms with van der Waals surface area (Å²) >= 11 is 1.63. The number of ether oxygens (including phenoxy) is 1. The highest BCUT2D eigenvalue weighted by Crippen LogP contribution is 2.20. The zero-order valence-corrected chi connectivity index (χ0v) is 11.8. The van der Waals surface area contributed by atoms with Gasteiger partial charge in [0, 0.05) is 20.1 Å². The van der Waals surface area contributed by atoms with Gasteiger partial charge in [-0.15, -0.1) is 0 Å². The number of rotatable bonds is 5. The van der Waals surface area contributed by atoms with Gasteiger partial charge in [0.1, 0.15) is 6.10 Å². The Morgan fingerprint density at radius 1 is 1.53 bits per heavy atom. The Hall–Kier alpha value is -0.870. The first-order valence-corrected chi connectivity index (χ1v) is 6.68. The maximum atomic E-state index is 11.7. The van der Waals surface area contributed by atoms with E-state index in [1.165, 1.54) is 0 Å². The monoisotopic (exact) mass is 255 g/mol. The SMILES string of the molecule is CO[C@@H](CNC(=O)CC(C)(C)C)c1ccsc1. The van der Waals surface area contributed by atoms with E-state index in [9.17, 15) is 4.79 Å². The minimum atomic E-state index is -0.0508. The summed E-state index contributed by atoms with van der Waals surface area (Å²) in [4.78, 5) is 11.7. The fourth-order valence-corrected chi connectivity index (χ4v) is 2.25. The van der Waals surface area contributed by atoms with Crippen LogP contribution in [0.1, 0.15) is 38.9 Å². The van der Waals surface area contributed by atoms with Gasteiger partial charge in [-0.3, -0.25) is 4.79 Å². The van der Waals surface area contributed by atoms with Crippen LogP contribution >= 0.6 is 11.3 Å². The van der Waals surface area contributed by atoms with Gasteiger partial charge in [0.25, 0.3) is 0 Å². The number of hydrogen-bond acceptors (Lipinski definition) is 3. The van der Waals surface area contributed by atoms with Crippen LogP contribution in [0.4, 0.5) is 0 Å². The highest BCUT2D eigenvalue weighted by molar-refractivity contribution is 7.07. The normalized spacial score (nSPS) is 13.4. The third-order valence-corrected chi connectivity index (χ3v) is 3.08. The Bertz CT molecular complexity index is 341. The van der Waals surface area contributed by atoms with Crippen molar-refractivity contribution in [3.8, 4) is 0 Å². The van der Waals surface area contributed by atoms with Crippen molar-refractivity contribution in [1.29, 1.82) is 0 Å². The molecular weight excluding hydrogens is 234 g/mol. The number of thiophene rings is 1. The molecule has 0 aliphatic carbocycles. The number of carbonyl (C=O) groups excluding carboxylic acids is 1. The summed E-state index contributed by atoms with van der Waals surface area (Å²) in [6.45, 7) is 6.69. The van der Waals surface area contributed by atoms with E-state index in [1.54, 1.807) is 18.4 Å². The summed E-state index contributed by atoms with van der Waals surface area (Å²) in [6.07, 6.45) is 0.484. The predicted molar refractivity (Wildman–Crippen MR) is 71.2 cm³/mol. The molecule has 1 atom stereocenters. The molecule has 0 spiro atoms. The van der Waals surface area contributed by atoms with E-state index in [2.05, 4.69) is 26.1 Å². The van der Waals surface area contributed by atoms with Crippen molar-refractivity contribution in [2.75, 3.05) is 13.7 Å². The zero-order chi connectivity index (χ0) is 12.9. The molecule has 0 aromatic carbocycles. The fraction of sp³-hybridized carbons (Fsp3) is 0.615. The van der Waals surface area contributed by atoms with Crippen LogP contribution in [-0.4, -0.2) is 19.6 Å². The maximum absolute atomic E-state index is 11.7. The van der Waals surface area contributed by atoms with Gasteiger partial charge in [-0.2, -0.15) is 11.3 Å². The minimum absolute atomic E-state index is 0.0228. The molecule has 4 heteroatoms. The molecule has 1 aromatic heterocycles. The lowest BCUT2D eigenvalue weighted by molar-refractivity contribution is -0.123. The van der Waals surface area contributed by atoms with E-state index >= 15 is 0 Å². The van der Waals surface area contributed by atoms with Gasteiger partial charge in [0.15, 0.2) is 0 Å². The second kappa shape index (κ2) is 6.17. The average Bonchev–Trinajstić information content (AvgIpc) is 2.69. The third-order valence-electron chi connectivity index (χ3n) is 2.37. The number of carbonyl (C=O) groups is 1. The van der Waals surface area contributed by atoms with Crippen LogP contribution in [0.3, 0.4) is 0 Å². The quantitative estimate of drug-likeness (QED) is 0.878. The molecule has 0 radical (unpaired) electrons. The van der Waals surface area contributed by atoms with Gasteiger partial charge in [-0.05, 0) is 27.8 Å². The topological polar surface area (TPSA) is 38.3 Å². The van der Waals surface area contributed by atoms with Crippen LogP contribution in [0.15, 0.2) is 16.8 Å². The van der Waals surface area contributed by atoms with Crippen LogP contribution in [-0.2, 0) is 9.53 Å². The highest BCUT2D eigenvalue weighted by atomic mass is 32.1. The number of methoxy groups -OCH3 is 1. The molecule has 17 heavy (non-hydrogen) atoms. The smallest absolute Gasteiger partial charge is 0.220 e. The van der Waals surface area contributed by atoms with Gasteiger partial charge in [0.2, 0.25) is 5.91 Å². The molecule has 0 saturated heterocycles. The standard InChI is InChI=1S/C13H21NO2S/c1-13(2,3)7-12(15)14-8-11(16-4)10-5-6-17-9-10/h5-6,9,11H,7-8H2,1-4H3,(H,14,15)/t11-/m0/s1. The lowest BCUT2D eigenvalue weighted by atomic mass is 9.92. The lowest BCUT2D eigenvalue weighted by Gasteiger charge is -2.19. The van der Waals surface area contributed by atoms with E-state index < -0.39 is 0 Å². The van der Waals surface area contributed by atoms with Crippen LogP contribution < -0.4 is 5.32 Å². The second-order valence-corrected chi connectivity index (χ2v) is 6.10. The van der Waals surface area contributed by atoms with Crippen molar-refractivity contribution in [3.63, 3.8) is 0 Å². The Labute approximate surface area is 107 Å². The van der Waals surface area contributed by atoms with E-state index in [-0.39, 0.29) is 17.4 Å². The molecule has 0 aliphatic heterocycles. The Morgan fingerprint density at radius 2 is 2.24 bits per heavy atom. The second-order valence-electron chi connectivity index (χ2n) is 5.32. The summed E-state index contributed by atoms with van der Waals surface area (Å²) < 4.78 is 5.37.